The molecule has 3 rings (SSSR count). The minimum Gasteiger partial charge on any atom is -0.321 e. The first-order valence-electron chi connectivity index (χ1n) is 8.14. The number of nitrogens with zero attached hydrogens (tertiary/aromatic N) is 1. The minimum absolute atomic E-state index is 0.256. The second-order valence-electron chi connectivity index (χ2n) is 5.90. The number of hydrogen-bond acceptors (Lipinski definition) is 4. The van der Waals surface area contributed by atoms with Crippen LogP contribution in [0.25, 0.3) is 0 Å². The molecule has 0 spiro atoms. The van der Waals surface area contributed by atoms with E-state index in [4.69, 9.17) is 11.6 Å². The smallest absolute Gasteiger partial charge is 0.265 e. The van der Waals surface area contributed by atoms with E-state index in [0.29, 0.717) is 28.0 Å². The van der Waals surface area contributed by atoms with Gasteiger partial charge in [-0.1, -0.05) is 24.4 Å². The van der Waals surface area contributed by atoms with Gasteiger partial charge < -0.3 is 5.32 Å². The number of nitrogens with one attached hydrogen (secondary N) is 1. The molecule has 0 atom stereocenters. The van der Waals surface area contributed by atoms with Crippen LogP contribution < -0.4 is 5.32 Å². The summed E-state index contributed by atoms with van der Waals surface area (Å²) in [5.74, 6) is -0.264. The number of carbonyl (C=O) groups is 1. The zero-order valence-corrected chi connectivity index (χ0v) is 16.0. The van der Waals surface area contributed by atoms with Crippen molar-refractivity contribution in [1.29, 1.82) is 0 Å². The van der Waals surface area contributed by atoms with Gasteiger partial charge in [0.05, 0.1) is 14.1 Å². The Kier molecular flexibility index (Phi) is 5.78. The Morgan fingerprint density at radius 1 is 1.00 bits per heavy atom. The molecule has 1 aliphatic rings. The van der Waals surface area contributed by atoms with Crippen LogP contribution in [0.5, 0.6) is 0 Å². The van der Waals surface area contributed by atoms with Gasteiger partial charge >= 0.3 is 0 Å². The van der Waals surface area contributed by atoms with Gasteiger partial charge in [0.15, 0.2) is 0 Å². The Bertz CT molecular complexity index is 839. The van der Waals surface area contributed by atoms with Gasteiger partial charge in [-0.3, -0.25) is 4.79 Å². The molecule has 134 valence electrons. The average Bonchev–Trinajstić information content (AvgIpc) is 2.85. The van der Waals surface area contributed by atoms with Gasteiger partial charge in [-0.2, -0.15) is 4.31 Å². The highest BCUT2D eigenvalue weighted by molar-refractivity contribution is 7.89. The molecule has 5 nitrogen and oxygen atoms in total. The molecule has 0 bridgehead atoms. The summed E-state index contributed by atoms with van der Waals surface area (Å²) >= 11 is 7.03. The van der Waals surface area contributed by atoms with Crippen molar-refractivity contribution in [2.24, 2.45) is 0 Å². The van der Waals surface area contributed by atoms with Crippen molar-refractivity contribution in [3.05, 3.63) is 45.6 Å². The first-order chi connectivity index (χ1) is 12.0. The minimum atomic E-state index is -3.47. The van der Waals surface area contributed by atoms with Crippen LogP contribution in [0, 0.1) is 0 Å². The lowest BCUT2D eigenvalue weighted by Gasteiger charge is -2.20. The summed E-state index contributed by atoms with van der Waals surface area (Å²) in [4.78, 5) is 12.9. The highest BCUT2D eigenvalue weighted by atomic mass is 35.5. The van der Waals surface area contributed by atoms with E-state index in [2.05, 4.69) is 5.32 Å². The molecule has 0 saturated carbocycles. The standard InChI is InChI=1S/C17H19ClN2O3S2/c18-16-10-9-15(24-16)17(21)19-13-5-7-14(8-6-13)25(22,23)20-11-3-1-2-4-12-20/h5-10H,1-4,11-12H2,(H,19,21). The lowest BCUT2D eigenvalue weighted by Crippen LogP contribution is -2.31. The molecule has 0 radical (unpaired) electrons. The van der Waals surface area contributed by atoms with Gasteiger partial charge in [-0.25, -0.2) is 8.42 Å². The fourth-order valence-corrected chi connectivity index (χ4v) is 5.23. The molecule has 2 aromatic rings. The fourth-order valence-electron chi connectivity index (χ4n) is 2.77. The molecule has 0 unspecified atom stereocenters. The molecule has 1 N–H and O–H groups in total. The van der Waals surface area contributed by atoms with Crippen LogP contribution in [-0.2, 0) is 10.0 Å². The Morgan fingerprint density at radius 3 is 2.20 bits per heavy atom. The molecular formula is C17H19ClN2O3S2. The summed E-state index contributed by atoms with van der Waals surface area (Å²) in [6.45, 7) is 1.14. The van der Waals surface area contributed by atoms with Crippen LogP contribution in [0.15, 0.2) is 41.3 Å². The topological polar surface area (TPSA) is 66.5 Å². The quantitative estimate of drug-likeness (QED) is 0.838. The molecule has 1 amide bonds. The van der Waals surface area contributed by atoms with E-state index < -0.39 is 10.0 Å². The molecule has 1 aliphatic heterocycles. The van der Waals surface area contributed by atoms with E-state index in [9.17, 15) is 13.2 Å². The number of anilines is 1. The van der Waals surface area contributed by atoms with Crippen LogP contribution in [0.4, 0.5) is 5.69 Å². The lowest BCUT2D eigenvalue weighted by molar-refractivity contribution is 0.103. The summed E-state index contributed by atoms with van der Waals surface area (Å²) in [5.41, 5.74) is 0.546. The van der Waals surface area contributed by atoms with Crippen LogP contribution in [-0.4, -0.2) is 31.7 Å². The Labute approximate surface area is 156 Å². The van der Waals surface area contributed by atoms with Crippen molar-refractivity contribution >= 4 is 44.6 Å². The van der Waals surface area contributed by atoms with Crippen molar-refractivity contribution in [2.45, 2.75) is 30.6 Å². The SMILES string of the molecule is O=C(Nc1ccc(S(=O)(=O)N2CCCCCC2)cc1)c1ccc(Cl)s1. The van der Waals surface area contributed by atoms with Crippen LogP contribution >= 0.6 is 22.9 Å². The number of rotatable bonds is 4. The Morgan fingerprint density at radius 2 is 1.64 bits per heavy atom. The van der Waals surface area contributed by atoms with E-state index in [-0.39, 0.29) is 10.8 Å². The second kappa shape index (κ2) is 7.86. The first-order valence-corrected chi connectivity index (χ1v) is 10.8. The number of thiophene rings is 1. The van der Waals surface area contributed by atoms with Crippen LogP contribution in [0.3, 0.4) is 0 Å². The van der Waals surface area contributed by atoms with E-state index in [1.54, 1.807) is 28.6 Å². The third-order valence-electron chi connectivity index (χ3n) is 4.11. The highest BCUT2D eigenvalue weighted by Crippen LogP contribution is 2.24. The zero-order valence-electron chi connectivity index (χ0n) is 13.6. The molecule has 1 aromatic heterocycles. The molecule has 1 fully saturated rings. The number of halogens is 1. The molecule has 1 aromatic carbocycles. The van der Waals surface area contributed by atoms with Gasteiger partial charge in [0.1, 0.15) is 0 Å². The maximum absolute atomic E-state index is 12.7. The van der Waals surface area contributed by atoms with Gasteiger partial charge in [0.25, 0.3) is 5.91 Å². The van der Waals surface area contributed by atoms with Crippen LogP contribution in [0.2, 0.25) is 4.34 Å². The van der Waals surface area contributed by atoms with Crippen molar-refractivity contribution in [3.63, 3.8) is 0 Å². The maximum Gasteiger partial charge on any atom is 0.265 e. The number of carbonyl (C=O) groups excluding carboxylic acids is 1. The van der Waals surface area contributed by atoms with E-state index in [0.717, 1.165) is 25.7 Å². The first kappa shape index (κ1) is 18.4. The second-order valence-corrected chi connectivity index (χ2v) is 9.55. The largest absolute Gasteiger partial charge is 0.321 e. The number of sulfonamides is 1. The lowest BCUT2D eigenvalue weighted by atomic mass is 10.2. The summed E-state index contributed by atoms with van der Waals surface area (Å²) < 4.78 is 27.5. The fraction of sp³-hybridized carbons (Fsp3) is 0.353. The molecule has 0 aliphatic carbocycles. The maximum atomic E-state index is 12.7. The number of benzene rings is 1. The van der Waals surface area contributed by atoms with Crippen LogP contribution in [0.1, 0.15) is 35.4 Å². The van der Waals surface area contributed by atoms with Crippen molar-refractivity contribution in [3.8, 4) is 0 Å². The zero-order chi connectivity index (χ0) is 17.9. The molecule has 2 heterocycles. The highest BCUT2D eigenvalue weighted by Gasteiger charge is 2.25. The monoisotopic (exact) mass is 398 g/mol. The summed E-state index contributed by atoms with van der Waals surface area (Å²) in [6.07, 6.45) is 3.95. The Hall–Kier alpha value is -1.41. The summed E-state index contributed by atoms with van der Waals surface area (Å²) in [6, 6.07) is 9.61. The van der Waals surface area contributed by atoms with Crippen molar-refractivity contribution in [2.75, 3.05) is 18.4 Å². The third-order valence-corrected chi connectivity index (χ3v) is 7.25. The summed E-state index contributed by atoms with van der Waals surface area (Å²) in [5, 5.41) is 2.74. The van der Waals surface area contributed by atoms with Crippen molar-refractivity contribution in [1.82, 2.24) is 4.31 Å². The van der Waals surface area contributed by atoms with E-state index in [1.807, 2.05) is 0 Å². The predicted octanol–water partition coefficient (Wildman–Crippen LogP) is 4.22. The van der Waals surface area contributed by atoms with Gasteiger partial charge in [-0.05, 0) is 49.2 Å². The third kappa shape index (κ3) is 4.41. The molecular weight excluding hydrogens is 380 g/mol. The van der Waals surface area contributed by atoms with Gasteiger partial charge in [-0.15, -0.1) is 11.3 Å². The normalized spacial score (nSPS) is 16.4. The molecule has 1 saturated heterocycles. The van der Waals surface area contributed by atoms with E-state index >= 15 is 0 Å². The van der Waals surface area contributed by atoms with Gasteiger partial charge in [0, 0.05) is 18.8 Å². The number of hydrogen-bond donors (Lipinski definition) is 1. The number of amides is 1. The predicted molar refractivity (Wildman–Crippen MR) is 101 cm³/mol. The molecule has 8 heteroatoms. The van der Waals surface area contributed by atoms with E-state index in [1.165, 1.54) is 23.5 Å². The Balaban J connectivity index is 1.72. The van der Waals surface area contributed by atoms with Gasteiger partial charge in [0.2, 0.25) is 10.0 Å². The summed E-state index contributed by atoms with van der Waals surface area (Å²) in [7, 11) is -3.47. The van der Waals surface area contributed by atoms with Crippen molar-refractivity contribution < 1.29 is 13.2 Å². The average molecular weight is 399 g/mol. The molecule has 25 heavy (non-hydrogen) atoms.